The molecule has 0 amide bonds. The molecule has 5 nitrogen and oxygen atoms in total. The van der Waals surface area contributed by atoms with Gasteiger partial charge in [0.25, 0.3) is 0 Å². The standard InChI is InChI=1S/C14H15NO4S/c15-14(13(18)19)6-8(9-10(11(9)14)12(16)17)20-7-4-2-1-3-5-7/h1-5,8-11H,6,15H2,(H,16,17)(H,18,19)/t8-,9+,10+,11+,14-/m1/s1. The highest BCUT2D eigenvalue weighted by Crippen LogP contribution is 2.65. The second-order valence-electron chi connectivity index (χ2n) is 5.49. The van der Waals surface area contributed by atoms with E-state index < -0.39 is 29.3 Å². The van der Waals surface area contributed by atoms with Gasteiger partial charge in [-0.25, -0.2) is 0 Å². The quantitative estimate of drug-likeness (QED) is 0.773. The van der Waals surface area contributed by atoms with Gasteiger partial charge in [0.15, 0.2) is 0 Å². The Labute approximate surface area is 120 Å². The summed E-state index contributed by atoms with van der Waals surface area (Å²) < 4.78 is 0. The topological polar surface area (TPSA) is 101 Å². The molecule has 2 aliphatic carbocycles. The average molecular weight is 293 g/mol. The monoisotopic (exact) mass is 293 g/mol. The van der Waals surface area contributed by atoms with E-state index in [9.17, 15) is 19.8 Å². The molecule has 2 saturated carbocycles. The smallest absolute Gasteiger partial charge is 0.324 e. The predicted molar refractivity (Wildman–Crippen MR) is 73.4 cm³/mol. The number of carboxylic acid groups (broad SMARTS) is 2. The predicted octanol–water partition coefficient (Wildman–Crippen LogP) is 1.28. The minimum absolute atomic E-state index is 0.0513. The molecule has 0 aromatic heterocycles. The Morgan fingerprint density at radius 1 is 1.25 bits per heavy atom. The lowest BCUT2D eigenvalue weighted by molar-refractivity contribution is -0.145. The van der Waals surface area contributed by atoms with E-state index in [1.807, 2.05) is 30.3 Å². The van der Waals surface area contributed by atoms with Crippen LogP contribution >= 0.6 is 11.8 Å². The molecule has 0 saturated heterocycles. The molecule has 5 atom stereocenters. The third-order valence-electron chi connectivity index (χ3n) is 4.35. The van der Waals surface area contributed by atoms with Gasteiger partial charge in [-0.05, 0) is 24.5 Å². The molecule has 6 heteroatoms. The van der Waals surface area contributed by atoms with Gasteiger partial charge < -0.3 is 15.9 Å². The Balaban J connectivity index is 1.83. The summed E-state index contributed by atoms with van der Waals surface area (Å²) in [5.41, 5.74) is 4.58. The molecule has 3 rings (SSSR count). The summed E-state index contributed by atoms with van der Waals surface area (Å²) in [7, 11) is 0. The highest BCUT2D eigenvalue weighted by atomic mass is 32.2. The average Bonchev–Trinajstić information content (AvgIpc) is 3.08. The van der Waals surface area contributed by atoms with Gasteiger partial charge in [-0.3, -0.25) is 9.59 Å². The van der Waals surface area contributed by atoms with Crippen LogP contribution in [0.5, 0.6) is 0 Å². The van der Waals surface area contributed by atoms with E-state index in [0.717, 1.165) is 4.90 Å². The Morgan fingerprint density at radius 2 is 1.90 bits per heavy atom. The van der Waals surface area contributed by atoms with Crippen LogP contribution < -0.4 is 5.73 Å². The fraction of sp³-hybridized carbons (Fsp3) is 0.429. The molecule has 0 unspecified atom stereocenters. The van der Waals surface area contributed by atoms with Crippen molar-refractivity contribution < 1.29 is 19.8 Å². The lowest BCUT2D eigenvalue weighted by atomic mass is 9.91. The number of carboxylic acids is 2. The number of hydrogen-bond acceptors (Lipinski definition) is 4. The van der Waals surface area contributed by atoms with Crippen LogP contribution in [0.25, 0.3) is 0 Å². The molecule has 106 valence electrons. The first-order valence-electron chi connectivity index (χ1n) is 6.42. The molecule has 4 N–H and O–H groups in total. The number of fused-ring (bicyclic) bond motifs is 1. The van der Waals surface area contributed by atoms with Crippen LogP contribution in [0.2, 0.25) is 0 Å². The summed E-state index contributed by atoms with van der Waals surface area (Å²) in [6.07, 6.45) is 0.320. The first-order chi connectivity index (χ1) is 9.45. The van der Waals surface area contributed by atoms with E-state index in [2.05, 4.69) is 0 Å². The van der Waals surface area contributed by atoms with Crippen LogP contribution in [0.1, 0.15) is 6.42 Å². The maximum absolute atomic E-state index is 11.4. The summed E-state index contributed by atoms with van der Waals surface area (Å²) in [6.45, 7) is 0. The van der Waals surface area contributed by atoms with Gasteiger partial charge in [-0.1, -0.05) is 18.2 Å². The third kappa shape index (κ3) is 1.91. The van der Waals surface area contributed by atoms with Crippen molar-refractivity contribution in [2.45, 2.75) is 22.1 Å². The zero-order valence-electron chi connectivity index (χ0n) is 10.6. The van der Waals surface area contributed by atoms with Crippen molar-refractivity contribution in [3.8, 4) is 0 Å². The minimum Gasteiger partial charge on any atom is -0.481 e. The summed E-state index contributed by atoms with van der Waals surface area (Å²) in [6, 6.07) is 9.60. The Bertz CT molecular complexity index is 564. The van der Waals surface area contributed by atoms with Crippen LogP contribution in [0.15, 0.2) is 35.2 Å². The fourth-order valence-electron chi connectivity index (χ4n) is 3.41. The lowest BCUT2D eigenvalue weighted by Gasteiger charge is -2.24. The molecule has 0 heterocycles. The number of carbonyl (C=O) groups is 2. The summed E-state index contributed by atoms with van der Waals surface area (Å²) in [4.78, 5) is 23.6. The Hall–Kier alpha value is -1.53. The van der Waals surface area contributed by atoms with E-state index >= 15 is 0 Å². The molecule has 2 aliphatic rings. The van der Waals surface area contributed by atoms with Crippen LogP contribution in [0.4, 0.5) is 0 Å². The van der Waals surface area contributed by atoms with Crippen LogP contribution in [0.3, 0.4) is 0 Å². The fourth-order valence-corrected chi connectivity index (χ4v) is 4.93. The number of rotatable bonds is 4. The maximum atomic E-state index is 11.4. The molecule has 0 spiro atoms. The zero-order valence-corrected chi connectivity index (χ0v) is 11.4. The van der Waals surface area contributed by atoms with E-state index in [0.29, 0.717) is 6.42 Å². The zero-order chi connectivity index (χ0) is 14.5. The molecule has 2 fully saturated rings. The first-order valence-corrected chi connectivity index (χ1v) is 7.30. The molecule has 1 aromatic carbocycles. The van der Waals surface area contributed by atoms with Gasteiger partial charge in [-0.2, -0.15) is 0 Å². The van der Waals surface area contributed by atoms with Gasteiger partial charge in [-0.15, -0.1) is 11.8 Å². The summed E-state index contributed by atoms with van der Waals surface area (Å²) in [5.74, 6) is -3.23. The van der Waals surface area contributed by atoms with Crippen molar-refractivity contribution in [2.75, 3.05) is 0 Å². The van der Waals surface area contributed by atoms with Crippen molar-refractivity contribution >= 4 is 23.7 Å². The number of thioether (sulfide) groups is 1. The van der Waals surface area contributed by atoms with Crippen molar-refractivity contribution in [1.29, 1.82) is 0 Å². The first kappa shape index (κ1) is 13.5. The van der Waals surface area contributed by atoms with Crippen molar-refractivity contribution in [2.24, 2.45) is 23.5 Å². The van der Waals surface area contributed by atoms with Gasteiger partial charge in [0, 0.05) is 16.1 Å². The lowest BCUT2D eigenvalue weighted by Crippen LogP contribution is -2.50. The minimum atomic E-state index is -1.40. The molecule has 0 bridgehead atoms. The maximum Gasteiger partial charge on any atom is 0.324 e. The van der Waals surface area contributed by atoms with Crippen LogP contribution in [-0.4, -0.2) is 32.9 Å². The second-order valence-corrected chi connectivity index (χ2v) is 6.80. The Kier molecular flexibility index (Phi) is 3.02. The van der Waals surface area contributed by atoms with Gasteiger partial charge >= 0.3 is 11.9 Å². The summed E-state index contributed by atoms with van der Waals surface area (Å²) in [5, 5.41) is 18.5. The van der Waals surface area contributed by atoms with Crippen LogP contribution in [0, 0.1) is 17.8 Å². The number of hydrogen-bond donors (Lipinski definition) is 3. The number of benzene rings is 1. The van der Waals surface area contributed by atoms with E-state index in [4.69, 9.17) is 5.73 Å². The number of aliphatic carboxylic acids is 2. The SMILES string of the molecule is N[C@]1(C(=O)O)C[C@@H](Sc2ccccc2)[C@H]2[C@H](C(=O)O)[C@H]21. The Morgan fingerprint density at radius 3 is 2.45 bits per heavy atom. The van der Waals surface area contributed by atoms with Crippen LogP contribution in [-0.2, 0) is 9.59 Å². The van der Waals surface area contributed by atoms with Crippen molar-refractivity contribution in [3.05, 3.63) is 30.3 Å². The van der Waals surface area contributed by atoms with E-state index in [1.54, 1.807) is 0 Å². The highest BCUT2D eigenvalue weighted by molar-refractivity contribution is 8.00. The normalized spacial score (nSPS) is 38.2. The highest BCUT2D eigenvalue weighted by Gasteiger charge is 2.73. The van der Waals surface area contributed by atoms with Gasteiger partial charge in [0.2, 0.25) is 0 Å². The largest absolute Gasteiger partial charge is 0.481 e. The van der Waals surface area contributed by atoms with Gasteiger partial charge in [0.05, 0.1) is 5.92 Å². The molecular formula is C14H15NO4S. The summed E-state index contributed by atoms with van der Waals surface area (Å²) >= 11 is 1.54. The molecule has 1 aromatic rings. The molecule has 0 aliphatic heterocycles. The third-order valence-corrected chi connectivity index (χ3v) is 5.68. The van der Waals surface area contributed by atoms with E-state index in [1.165, 1.54) is 11.8 Å². The number of nitrogens with two attached hydrogens (primary N) is 1. The van der Waals surface area contributed by atoms with Crippen molar-refractivity contribution in [3.63, 3.8) is 0 Å². The molecule has 20 heavy (non-hydrogen) atoms. The van der Waals surface area contributed by atoms with Gasteiger partial charge in [0.1, 0.15) is 5.54 Å². The van der Waals surface area contributed by atoms with Crippen molar-refractivity contribution in [1.82, 2.24) is 0 Å². The van der Waals surface area contributed by atoms with E-state index in [-0.39, 0.29) is 11.2 Å². The molecular weight excluding hydrogens is 278 g/mol. The second kappa shape index (κ2) is 4.49. The molecule has 0 radical (unpaired) electrons.